The third-order valence-electron chi connectivity index (χ3n) is 29.0. The lowest BCUT2D eigenvalue weighted by atomic mass is 9.97. The van der Waals surface area contributed by atoms with E-state index in [9.17, 15) is 0 Å². The average Bonchev–Trinajstić information content (AvgIpc) is 1.57. The maximum atomic E-state index is 6.84. The number of hydrogen-bond acceptors (Lipinski definition) is 4. The molecule has 28 aromatic rings. The van der Waals surface area contributed by atoms with Crippen molar-refractivity contribution >= 4 is 154 Å². The number of hydrogen-bond donors (Lipinski definition) is 0. The van der Waals surface area contributed by atoms with Gasteiger partial charge in [-0.25, -0.2) is 0 Å². The number of rotatable bonds is 17. The lowest BCUT2D eigenvalue weighted by Gasteiger charge is -2.26. The fraction of sp³-hybridized carbons (Fsp3) is 0. The number of anilines is 6. The first-order valence-electron chi connectivity index (χ1n) is 49.3. The topological polar surface area (TPSA) is 42.6 Å². The second kappa shape index (κ2) is 35.7. The zero-order chi connectivity index (χ0) is 95.1. The first-order chi connectivity index (χ1) is 71.4. The highest BCUT2D eigenvalue weighted by molar-refractivity contribution is 6.25. The van der Waals surface area contributed by atoms with E-state index in [0.717, 1.165) is 122 Å². The minimum atomic E-state index is 0.860. The zero-order valence-electron chi connectivity index (χ0n) is 78.6. The zero-order valence-corrected chi connectivity index (χ0v) is 78.6. The molecule has 674 valence electrons. The van der Waals surface area contributed by atoms with Crippen molar-refractivity contribution in [3.63, 3.8) is 0 Å². The molecule has 4 heterocycles. The molecule has 24 aromatic carbocycles. The standard InChI is InChI=1S/C70H46N2O.C68H44N2O/c1-2-12-47(13-3-1)48-22-24-49(25-23-48)50-26-28-51(29-27-50)54-34-40-58(41-35-54)71(67-46-57-14-4-5-15-61(57)69-64-18-8-11-21-68(64)73-70(67)69)59-42-36-55(37-43-59)52-30-32-53(33-31-52)56-38-44-60(45-39-56)72-65-19-9-6-16-62(65)63-17-7-10-20-66(63)72;1-2-15-56(16-3-1)70-63-20-10-8-18-60(63)62-43-54(36-41-64(62)70)50-28-26-47(27-29-50)46-22-24-48(25-23-46)49-32-37-57(38-33-49)69(58-39-34-51(35-40-58)53-31-30-45-12-4-5-13-52(45)42-53)65-44-55-14-6-7-17-59(55)67-61-19-9-11-21-66(61)71-68(65)67/h1-46H;1-44H. The van der Waals surface area contributed by atoms with Crippen LogP contribution in [-0.4, -0.2) is 9.13 Å². The van der Waals surface area contributed by atoms with Gasteiger partial charge in [-0.15, -0.1) is 0 Å². The van der Waals surface area contributed by atoms with Crippen LogP contribution in [0.2, 0.25) is 0 Å². The van der Waals surface area contributed by atoms with E-state index in [-0.39, 0.29) is 0 Å². The Kier molecular flexibility index (Phi) is 20.9. The molecule has 6 heteroatoms. The van der Waals surface area contributed by atoms with E-state index < -0.39 is 0 Å². The summed E-state index contributed by atoms with van der Waals surface area (Å²) in [5.74, 6) is 0. The van der Waals surface area contributed by atoms with E-state index >= 15 is 0 Å². The molecule has 0 saturated carbocycles. The highest BCUT2D eigenvalue weighted by Crippen LogP contribution is 2.51. The van der Waals surface area contributed by atoms with Gasteiger partial charge in [-0.2, -0.15) is 0 Å². The molecule has 0 radical (unpaired) electrons. The highest BCUT2D eigenvalue weighted by Gasteiger charge is 2.27. The van der Waals surface area contributed by atoms with E-state index in [0.29, 0.717) is 0 Å². The number of fused-ring (bicyclic) bond motifs is 17. The lowest BCUT2D eigenvalue weighted by molar-refractivity contribution is 0.669. The van der Waals surface area contributed by atoms with Crippen LogP contribution in [0.4, 0.5) is 34.1 Å². The number of para-hydroxylation sites is 6. The smallest absolute Gasteiger partial charge is 0.160 e. The second-order valence-corrected chi connectivity index (χ2v) is 37.3. The van der Waals surface area contributed by atoms with Crippen molar-refractivity contribution in [2.45, 2.75) is 0 Å². The lowest BCUT2D eigenvalue weighted by Crippen LogP contribution is -2.10. The molecule has 0 aliphatic rings. The predicted octanol–water partition coefficient (Wildman–Crippen LogP) is 38.8. The van der Waals surface area contributed by atoms with Crippen molar-refractivity contribution in [3.8, 4) is 112 Å². The number of nitrogens with zero attached hydrogens (tertiary/aromatic N) is 4. The van der Waals surface area contributed by atoms with Gasteiger partial charge < -0.3 is 27.8 Å². The van der Waals surface area contributed by atoms with E-state index in [1.54, 1.807) is 0 Å². The van der Waals surface area contributed by atoms with E-state index in [1.165, 1.54) is 143 Å². The summed E-state index contributed by atoms with van der Waals surface area (Å²) in [5, 5.41) is 16.7. The molecule has 0 bridgehead atoms. The number of furan rings is 2. The third kappa shape index (κ3) is 15.2. The quantitative estimate of drug-likeness (QED) is 0.0911. The van der Waals surface area contributed by atoms with Crippen molar-refractivity contribution in [2.24, 2.45) is 0 Å². The SMILES string of the molecule is c1ccc(-c2ccc(-c3ccc(-c4ccc(N(c5ccc(-c6ccc(-c7ccc(-n8c9ccccc9c9ccccc98)cc7)cc6)cc5)c5cc6ccccc6c6c5oc5ccccc56)cc4)cc3)cc2)cc1.c1ccc(-n2c3ccccc3c3cc(-c4ccc(-c5ccc(-c6ccc(N(c7ccc(-c8ccc9ccccc9c8)cc7)c7cc8ccccc8c8c7oc7ccccc78)cc6)cc5)cc4)ccc32)cc1. The third-order valence-corrected chi connectivity index (χ3v) is 29.0. The molecule has 0 N–H and O–H groups in total. The summed E-state index contributed by atoms with van der Waals surface area (Å²) in [5.41, 5.74) is 38.1. The average molecular weight is 1840 g/mol. The summed E-state index contributed by atoms with van der Waals surface area (Å²) in [7, 11) is 0. The first-order valence-corrected chi connectivity index (χ1v) is 49.3. The first kappa shape index (κ1) is 84.2. The Labute approximate surface area is 833 Å². The van der Waals surface area contributed by atoms with E-state index in [4.69, 9.17) is 8.83 Å². The Morgan fingerprint density at radius 2 is 0.389 bits per heavy atom. The predicted molar refractivity (Wildman–Crippen MR) is 607 cm³/mol. The minimum absolute atomic E-state index is 0.860. The summed E-state index contributed by atoms with van der Waals surface area (Å²) < 4.78 is 18.4. The van der Waals surface area contributed by atoms with Crippen LogP contribution >= 0.6 is 0 Å². The fourth-order valence-electron chi connectivity index (χ4n) is 21.8. The Morgan fingerprint density at radius 1 is 0.146 bits per heavy atom. The van der Waals surface area contributed by atoms with Gasteiger partial charge in [-0.3, -0.25) is 0 Å². The monoisotopic (exact) mass is 1830 g/mol. The van der Waals surface area contributed by atoms with Crippen LogP contribution in [0, 0.1) is 0 Å². The van der Waals surface area contributed by atoms with Gasteiger partial charge in [-0.1, -0.05) is 413 Å². The molecule has 0 fully saturated rings. The second-order valence-electron chi connectivity index (χ2n) is 37.3. The molecule has 0 saturated heterocycles. The minimum Gasteiger partial charge on any atom is -0.454 e. The molecule has 0 amide bonds. The van der Waals surface area contributed by atoms with Gasteiger partial charge in [0.15, 0.2) is 11.2 Å². The van der Waals surface area contributed by atoms with Crippen LogP contribution in [0.15, 0.2) is 555 Å². The molecule has 4 aromatic heterocycles. The summed E-state index contributed by atoms with van der Waals surface area (Å²) in [4.78, 5) is 4.69. The summed E-state index contributed by atoms with van der Waals surface area (Å²) >= 11 is 0. The largest absolute Gasteiger partial charge is 0.454 e. The molecule has 0 spiro atoms. The van der Waals surface area contributed by atoms with Crippen LogP contribution < -0.4 is 9.80 Å². The van der Waals surface area contributed by atoms with Crippen molar-refractivity contribution < 1.29 is 8.83 Å². The van der Waals surface area contributed by atoms with Crippen LogP contribution in [0.25, 0.3) is 231 Å². The van der Waals surface area contributed by atoms with Crippen LogP contribution in [-0.2, 0) is 0 Å². The van der Waals surface area contributed by atoms with E-state index in [2.05, 4.69) is 553 Å². The molecular weight excluding hydrogens is 1750 g/mol. The van der Waals surface area contributed by atoms with Crippen LogP contribution in [0.5, 0.6) is 0 Å². The summed E-state index contributed by atoms with van der Waals surface area (Å²) in [6.07, 6.45) is 0. The van der Waals surface area contributed by atoms with Crippen LogP contribution in [0.3, 0.4) is 0 Å². The molecule has 28 rings (SSSR count). The van der Waals surface area contributed by atoms with Gasteiger partial charge in [0.2, 0.25) is 0 Å². The molecule has 0 unspecified atom stereocenters. The van der Waals surface area contributed by atoms with Gasteiger partial charge in [-0.05, 0) is 266 Å². The van der Waals surface area contributed by atoms with Crippen molar-refractivity contribution in [1.29, 1.82) is 0 Å². The number of benzene rings is 24. The van der Waals surface area contributed by atoms with Gasteiger partial charge in [0.05, 0.1) is 33.4 Å². The Morgan fingerprint density at radius 3 is 0.764 bits per heavy atom. The Bertz CT molecular complexity index is 9680. The summed E-state index contributed by atoms with van der Waals surface area (Å²) in [6.45, 7) is 0. The van der Waals surface area contributed by atoms with Crippen molar-refractivity contribution in [1.82, 2.24) is 9.13 Å². The normalized spacial score (nSPS) is 11.6. The Hall–Kier alpha value is -19.1. The molecule has 6 nitrogen and oxygen atoms in total. The van der Waals surface area contributed by atoms with Gasteiger partial charge in [0.1, 0.15) is 11.2 Å². The van der Waals surface area contributed by atoms with Gasteiger partial charge in [0, 0.05) is 77.2 Å². The van der Waals surface area contributed by atoms with Crippen molar-refractivity contribution in [3.05, 3.63) is 546 Å². The molecule has 0 atom stereocenters. The van der Waals surface area contributed by atoms with Gasteiger partial charge >= 0.3 is 0 Å². The van der Waals surface area contributed by atoms with E-state index in [1.807, 2.05) is 12.1 Å². The Balaban J connectivity index is 0.000000143. The maximum absolute atomic E-state index is 6.84. The number of aromatic nitrogens is 2. The summed E-state index contributed by atoms with van der Waals surface area (Å²) in [6, 6.07) is 197. The highest BCUT2D eigenvalue weighted by atomic mass is 16.3. The maximum Gasteiger partial charge on any atom is 0.160 e. The van der Waals surface area contributed by atoms with Crippen molar-refractivity contribution in [2.75, 3.05) is 9.80 Å². The van der Waals surface area contributed by atoms with Gasteiger partial charge in [0.25, 0.3) is 0 Å². The molecular formula is C138H90N4O2. The fourth-order valence-corrected chi connectivity index (χ4v) is 21.8. The molecule has 0 aliphatic heterocycles. The molecule has 144 heavy (non-hydrogen) atoms. The molecule has 0 aliphatic carbocycles. The van der Waals surface area contributed by atoms with Crippen LogP contribution in [0.1, 0.15) is 0 Å².